The van der Waals surface area contributed by atoms with Crippen LogP contribution in [-0.4, -0.2) is 44.4 Å². The average Bonchev–Trinajstić information content (AvgIpc) is 3.25. The van der Waals surface area contributed by atoms with Crippen molar-refractivity contribution in [2.45, 2.75) is 82.2 Å². The summed E-state index contributed by atoms with van der Waals surface area (Å²) in [4.78, 5) is 40.6. The highest BCUT2D eigenvalue weighted by atomic mass is 19.1. The van der Waals surface area contributed by atoms with Crippen LogP contribution in [0.15, 0.2) is 59.7 Å². The molecule has 1 aliphatic carbocycles. The molecule has 4 aromatic rings. The van der Waals surface area contributed by atoms with Gasteiger partial charge in [-0.3, -0.25) is 14.5 Å². The molecule has 7 heterocycles. The molecule has 5 aliphatic rings. The van der Waals surface area contributed by atoms with Crippen LogP contribution in [0.25, 0.3) is 22.2 Å². The molecule has 232 valence electrons. The summed E-state index contributed by atoms with van der Waals surface area (Å²) < 4.78 is 15.5. The molecule has 8 nitrogen and oxygen atoms in total. The van der Waals surface area contributed by atoms with Crippen molar-refractivity contribution in [3.63, 3.8) is 0 Å². The number of rotatable bonds is 6. The highest BCUT2D eigenvalue weighted by Gasteiger charge is 2.45. The van der Waals surface area contributed by atoms with E-state index in [4.69, 9.17) is 4.98 Å². The van der Waals surface area contributed by atoms with E-state index < -0.39 is 5.82 Å². The Morgan fingerprint density at radius 3 is 2.62 bits per heavy atom. The number of H-pyrrole nitrogens is 1. The van der Waals surface area contributed by atoms with Crippen LogP contribution >= 0.6 is 0 Å². The Labute approximate surface area is 261 Å². The second-order valence-corrected chi connectivity index (χ2v) is 13.5. The number of halogens is 1. The number of carbonyl (C=O) groups is 1. The first-order valence-electron chi connectivity index (χ1n) is 16.6. The number of hydrogen-bond donors (Lipinski definition) is 3. The molecule has 3 aromatic heterocycles. The molecular formula is C36H39FN6O2. The van der Waals surface area contributed by atoms with Crippen LogP contribution in [-0.2, 0) is 4.79 Å². The Kier molecular flexibility index (Phi) is 7.36. The van der Waals surface area contributed by atoms with Gasteiger partial charge in [-0.05, 0) is 92.8 Å². The van der Waals surface area contributed by atoms with Crippen LogP contribution in [0.1, 0.15) is 75.7 Å². The highest BCUT2D eigenvalue weighted by molar-refractivity contribution is 5.95. The van der Waals surface area contributed by atoms with E-state index in [0.29, 0.717) is 45.6 Å². The largest absolute Gasteiger partial charge is 0.339 e. The maximum atomic E-state index is 15.5. The van der Waals surface area contributed by atoms with Crippen molar-refractivity contribution in [1.82, 2.24) is 19.9 Å². The number of amides is 1. The monoisotopic (exact) mass is 606 g/mol. The van der Waals surface area contributed by atoms with Gasteiger partial charge in [0.1, 0.15) is 11.6 Å². The summed E-state index contributed by atoms with van der Waals surface area (Å²) in [6.45, 7) is 1.12. The summed E-state index contributed by atoms with van der Waals surface area (Å²) in [7, 11) is 0. The lowest BCUT2D eigenvalue weighted by Crippen LogP contribution is -2.43. The zero-order valence-corrected chi connectivity index (χ0v) is 25.4. The van der Waals surface area contributed by atoms with Crippen molar-refractivity contribution < 1.29 is 9.18 Å². The normalized spacial score (nSPS) is 26.1. The van der Waals surface area contributed by atoms with Crippen LogP contribution in [0.4, 0.5) is 21.6 Å². The summed E-state index contributed by atoms with van der Waals surface area (Å²) in [5, 5.41) is 6.61. The van der Waals surface area contributed by atoms with Crippen LogP contribution in [0.2, 0.25) is 0 Å². The standard InChI is InChI=1S/C36H39FN6O2/c37-29-17-24(40-35(44)21-4-2-1-3-5-21)8-12-27(29)31-18-32(34-30(41-31)14-15-38-36(34)45)42-33-13-7-23(19-39-33)28-20-43-25-9-6-22(28)16-26(43)11-10-25/h7-8,12-15,17-19,21-22,25-26,28H,1-6,9-11,16,20H2,(H,38,45)(H,40,44)(H,39,41,42)/t22-,25?,26?,28?/m0/s1. The van der Waals surface area contributed by atoms with E-state index in [1.807, 2.05) is 12.3 Å². The summed E-state index contributed by atoms with van der Waals surface area (Å²) in [6.07, 6.45) is 15.1. The quantitative estimate of drug-likeness (QED) is 0.216. The van der Waals surface area contributed by atoms with Gasteiger partial charge in [-0.25, -0.2) is 14.4 Å². The van der Waals surface area contributed by atoms with E-state index in [-0.39, 0.29) is 22.9 Å². The van der Waals surface area contributed by atoms with Gasteiger partial charge in [0, 0.05) is 54.1 Å². The molecular weight excluding hydrogens is 567 g/mol. The van der Waals surface area contributed by atoms with E-state index in [2.05, 4.69) is 31.6 Å². The van der Waals surface area contributed by atoms with E-state index in [1.54, 1.807) is 30.5 Å². The van der Waals surface area contributed by atoms with Crippen molar-refractivity contribution >= 4 is 34.0 Å². The molecule has 4 aliphatic heterocycles. The minimum Gasteiger partial charge on any atom is -0.339 e. The molecule has 1 amide bonds. The third-order valence-corrected chi connectivity index (χ3v) is 10.9. The lowest BCUT2D eigenvalue weighted by Gasteiger charge is -2.39. The molecule has 9 heteroatoms. The third-order valence-electron chi connectivity index (χ3n) is 10.9. The highest BCUT2D eigenvalue weighted by Crippen LogP contribution is 2.48. The van der Waals surface area contributed by atoms with Crippen molar-refractivity contribution in [1.29, 1.82) is 0 Å². The van der Waals surface area contributed by atoms with Gasteiger partial charge in [-0.15, -0.1) is 0 Å². The number of aromatic nitrogens is 3. The molecule has 1 aromatic carbocycles. The number of nitrogens with zero attached hydrogens (tertiary/aromatic N) is 3. The van der Waals surface area contributed by atoms with Crippen molar-refractivity contribution in [3.8, 4) is 11.3 Å². The predicted octanol–water partition coefficient (Wildman–Crippen LogP) is 7.12. The lowest BCUT2D eigenvalue weighted by molar-refractivity contribution is -0.120. The molecule has 3 N–H and O–H groups in total. The topological polar surface area (TPSA) is 103 Å². The number of benzene rings is 1. The van der Waals surface area contributed by atoms with E-state index >= 15 is 4.39 Å². The number of carbonyl (C=O) groups excluding carboxylic acids is 1. The summed E-state index contributed by atoms with van der Waals surface area (Å²) in [5.41, 5.74) is 3.03. The van der Waals surface area contributed by atoms with Crippen LogP contribution < -0.4 is 16.2 Å². The van der Waals surface area contributed by atoms with Crippen LogP contribution in [0.5, 0.6) is 0 Å². The third kappa shape index (κ3) is 5.41. The van der Waals surface area contributed by atoms with Crippen LogP contribution in [0.3, 0.4) is 0 Å². The van der Waals surface area contributed by atoms with E-state index in [0.717, 1.165) is 50.7 Å². The Morgan fingerprint density at radius 2 is 1.80 bits per heavy atom. The molecule has 0 spiro atoms. The fourth-order valence-corrected chi connectivity index (χ4v) is 8.54. The molecule has 4 bridgehead atoms. The molecule has 0 radical (unpaired) electrons. The van der Waals surface area contributed by atoms with Gasteiger partial charge in [-0.1, -0.05) is 25.3 Å². The number of pyridine rings is 3. The Balaban J connectivity index is 1.06. The maximum Gasteiger partial charge on any atom is 0.259 e. The fraction of sp³-hybridized carbons (Fsp3) is 0.444. The van der Waals surface area contributed by atoms with Crippen molar-refractivity contribution in [3.05, 3.63) is 76.6 Å². The van der Waals surface area contributed by atoms with Crippen LogP contribution in [0, 0.1) is 17.7 Å². The first-order chi connectivity index (χ1) is 22.0. The number of aromatic amines is 1. The molecule has 4 saturated heterocycles. The van der Waals surface area contributed by atoms with Gasteiger partial charge in [0.2, 0.25) is 5.91 Å². The van der Waals surface area contributed by atoms with Gasteiger partial charge < -0.3 is 15.6 Å². The van der Waals surface area contributed by atoms with Crippen molar-refractivity contribution in [2.24, 2.45) is 11.8 Å². The first kappa shape index (κ1) is 28.4. The number of anilines is 3. The van der Waals surface area contributed by atoms with E-state index in [9.17, 15) is 9.59 Å². The summed E-state index contributed by atoms with van der Waals surface area (Å²) in [6, 6.07) is 13.7. The number of piperidine rings is 1. The molecule has 9 rings (SSSR count). The minimum absolute atomic E-state index is 0.0202. The van der Waals surface area contributed by atoms with Gasteiger partial charge in [0.25, 0.3) is 5.56 Å². The Bertz CT molecular complexity index is 1790. The number of hydrogen-bond acceptors (Lipinski definition) is 6. The average molecular weight is 607 g/mol. The van der Waals surface area contributed by atoms with Gasteiger partial charge in [0.05, 0.1) is 22.3 Å². The maximum absolute atomic E-state index is 15.5. The smallest absolute Gasteiger partial charge is 0.259 e. The Hall–Kier alpha value is -4.11. The summed E-state index contributed by atoms with van der Waals surface area (Å²) in [5.74, 6) is 1.26. The zero-order valence-electron chi connectivity index (χ0n) is 25.4. The number of nitrogens with one attached hydrogen (secondary N) is 3. The molecule has 45 heavy (non-hydrogen) atoms. The SMILES string of the molecule is O=C(Nc1ccc(-c2cc(Nc3ccc(C4CN5C6CCC5C[C@@H]4CC6)cn3)c3c(=O)[nH]ccc3n2)c(F)c1)C1CCCCC1. The molecule has 5 fully saturated rings. The van der Waals surface area contributed by atoms with Crippen molar-refractivity contribution in [2.75, 3.05) is 17.2 Å². The van der Waals surface area contributed by atoms with Gasteiger partial charge in [-0.2, -0.15) is 0 Å². The molecule has 5 atom stereocenters. The fourth-order valence-electron chi connectivity index (χ4n) is 8.54. The van der Waals surface area contributed by atoms with E-state index in [1.165, 1.54) is 43.7 Å². The second-order valence-electron chi connectivity index (χ2n) is 13.5. The number of fused-ring (bicyclic) bond motifs is 3. The summed E-state index contributed by atoms with van der Waals surface area (Å²) >= 11 is 0. The van der Waals surface area contributed by atoms with Gasteiger partial charge in [0.15, 0.2) is 0 Å². The zero-order chi connectivity index (χ0) is 30.5. The molecule has 1 saturated carbocycles. The molecule has 4 unspecified atom stereocenters. The predicted molar refractivity (Wildman–Crippen MR) is 174 cm³/mol. The Morgan fingerprint density at radius 1 is 0.956 bits per heavy atom. The lowest BCUT2D eigenvalue weighted by atomic mass is 9.77. The minimum atomic E-state index is -0.497. The first-order valence-corrected chi connectivity index (χ1v) is 16.6. The van der Waals surface area contributed by atoms with Gasteiger partial charge >= 0.3 is 0 Å². The second kappa shape index (κ2) is 11.7.